The molecule has 3 N–H and O–H groups in total. The Balaban J connectivity index is 2.39. The van der Waals surface area contributed by atoms with Gasteiger partial charge >= 0.3 is 0 Å². The number of aryl methyl sites for hydroxylation is 1. The summed E-state index contributed by atoms with van der Waals surface area (Å²) in [4.78, 5) is 8.80. The number of nitrogens with zero attached hydrogens (tertiary/aromatic N) is 2. The zero-order valence-corrected chi connectivity index (χ0v) is 13.3. The van der Waals surface area contributed by atoms with Crippen LogP contribution < -0.4 is 16.0 Å². The molecule has 112 valence electrons. The highest BCUT2D eigenvalue weighted by atomic mass is 35.5. The maximum atomic E-state index is 5.94. The lowest BCUT2D eigenvalue weighted by atomic mass is 9.96. The van der Waals surface area contributed by atoms with E-state index in [0.29, 0.717) is 28.3 Å². The van der Waals surface area contributed by atoms with Gasteiger partial charge in [-0.15, -0.1) is 0 Å². The maximum absolute atomic E-state index is 5.94. The van der Waals surface area contributed by atoms with Gasteiger partial charge in [0.05, 0.1) is 0 Å². The Hall–Kier alpha value is -1.85. The number of hydrogen-bond acceptors (Lipinski definition) is 5. The van der Waals surface area contributed by atoms with Crippen LogP contribution in [-0.2, 0) is 5.41 Å². The molecule has 5 nitrogen and oxygen atoms in total. The van der Waals surface area contributed by atoms with Gasteiger partial charge in [-0.05, 0) is 30.7 Å². The average Bonchev–Trinajstić information content (AvgIpc) is 2.40. The molecule has 0 spiro atoms. The normalized spacial score (nSPS) is 11.3. The van der Waals surface area contributed by atoms with Crippen LogP contribution in [-0.4, -0.2) is 9.97 Å². The molecule has 1 heterocycles. The molecule has 0 unspecified atom stereocenters. The second-order valence-electron chi connectivity index (χ2n) is 5.82. The van der Waals surface area contributed by atoms with E-state index in [0.717, 1.165) is 5.56 Å². The Morgan fingerprint density at radius 3 is 2.48 bits per heavy atom. The minimum absolute atomic E-state index is 0.208. The molecule has 0 saturated carbocycles. The summed E-state index contributed by atoms with van der Waals surface area (Å²) in [7, 11) is 0. The van der Waals surface area contributed by atoms with Crippen LogP contribution in [0.4, 0.5) is 5.82 Å². The van der Waals surface area contributed by atoms with E-state index < -0.39 is 0 Å². The van der Waals surface area contributed by atoms with Gasteiger partial charge in [-0.2, -0.15) is 4.98 Å². The fourth-order valence-corrected chi connectivity index (χ4v) is 1.95. The van der Waals surface area contributed by atoms with Crippen LogP contribution in [0.3, 0.4) is 0 Å². The third-order valence-electron chi connectivity index (χ3n) is 2.87. The highest BCUT2D eigenvalue weighted by Gasteiger charge is 2.20. The van der Waals surface area contributed by atoms with Gasteiger partial charge < -0.3 is 10.2 Å². The molecule has 2 aromatic rings. The molecule has 6 heteroatoms. The summed E-state index contributed by atoms with van der Waals surface area (Å²) in [5.74, 6) is 7.76. The van der Waals surface area contributed by atoms with Gasteiger partial charge in [0, 0.05) is 16.5 Å². The lowest BCUT2D eigenvalue weighted by molar-refractivity contribution is 0.443. The number of nitrogens with one attached hydrogen (secondary N) is 1. The number of benzene rings is 1. The Labute approximate surface area is 129 Å². The van der Waals surface area contributed by atoms with Crippen LogP contribution in [0, 0.1) is 6.92 Å². The number of hydrogen-bond donors (Lipinski definition) is 2. The fourth-order valence-electron chi connectivity index (χ4n) is 1.73. The Kier molecular flexibility index (Phi) is 4.34. The minimum Gasteiger partial charge on any atom is -0.439 e. The standard InChI is InChI=1S/C15H19ClN4O/c1-9-7-10(16)5-6-11(9)21-13-8-12(20-17)18-14(19-13)15(2,3)4/h5-8H,17H2,1-4H3,(H,18,19,20). The van der Waals surface area contributed by atoms with Crippen molar-refractivity contribution in [3.8, 4) is 11.6 Å². The van der Waals surface area contributed by atoms with Crippen LogP contribution in [0.15, 0.2) is 24.3 Å². The summed E-state index contributed by atoms with van der Waals surface area (Å²) in [6, 6.07) is 7.08. The third kappa shape index (κ3) is 3.83. The lowest BCUT2D eigenvalue weighted by Crippen LogP contribution is -2.19. The van der Waals surface area contributed by atoms with E-state index in [1.54, 1.807) is 12.1 Å². The minimum atomic E-state index is -0.208. The molecule has 0 aliphatic rings. The van der Waals surface area contributed by atoms with Gasteiger partial charge in [-0.1, -0.05) is 32.4 Å². The highest BCUT2D eigenvalue weighted by Crippen LogP contribution is 2.29. The van der Waals surface area contributed by atoms with E-state index >= 15 is 0 Å². The first-order valence-corrected chi connectivity index (χ1v) is 6.97. The van der Waals surface area contributed by atoms with Gasteiger partial charge in [0.1, 0.15) is 17.4 Å². The molecule has 0 bridgehead atoms. The number of halogens is 1. The summed E-state index contributed by atoms with van der Waals surface area (Å²) in [6.45, 7) is 8.01. The molecule has 0 atom stereocenters. The molecule has 2 rings (SSSR count). The predicted octanol–water partition coefficient (Wildman–Crippen LogP) is 3.81. The van der Waals surface area contributed by atoms with E-state index in [1.165, 1.54) is 0 Å². The van der Waals surface area contributed by atoms with Crippen molar-refractivity contribution >= 4 is 17.4 Å². The molecule has 0 aliphatic carbocycles. The smallest absolute Gasteiger partial charge is 0.224 e. The van der Waals surface area contributed by atoms with Crippen LogP contribution in [0.1, 0.15) is 32.2 Å². The van der Waals surface area contributed by atoms with Gasteiger partial charge in [-0.3, -0.25) is 0 Å². The molecular weight excluding hydrogens is 288 g/mol. The first-order chi connectivity index (χ1) is 9.79. The monoisotopic (exact) mass is 306 g/mol. The largest absolute Gasteiger partial charge is 0.439 e. The second-order valence-corrected chi connectivity index (χ2v) is 6.26. The zero-order chi connectivity index (χ0) is 15.6. The number of rotatable bonds is 3. The lowest BCUT2D eigenvalue weighted by Gasteiger charge is -2.18. The molecule has 1 aromatic carbocycles. The van der Waals surface area contributed by atoms with Gasteiger partial charge in [0.15, 0.2) is 0 Å². The molecule has 0 radical (unpaired) electrons. The van der Waals surface area contributed by atoms with Crippen molar-refractivity contribution in [2.75, 3.05) is 5.43 Å². The van der Waals surface area contributed by atoms with E-state index in [4.69, 9.17) is 22.2 Å². The molecule has 0 fully saturated rings. The first-order valence-electron chi connectivity index (χ1n) is 6.60. The average molecular weight is 307 g/mol. The number of ether oxygens (including phenoxy) is 1. The van der Waals surface area contributed by atoms with Gasteiger partial charge in [0.25, 0.3) is 0 Å². The molecule has 1 aromatic heterocycles. The summed E-state index contributed by atoms with van der Waals surface area (Å²) in [6.07, 6.45) is 0. The Bertz CT molecular complexity index is 653. The van der Waals surface area contributed by atoms with E-state index in [1.807, 2.05) is 39.8 Å². The number of nitrogen functional groups attached to an aromatic ring is 1. The van der Waals surface area contributed by atoms with Crippen LogP contribution in [0.5, 0.6) is 11.6 Å². The molecular formula is C15H19ClN4O. The third-order valence-corrected chi connectivity index (χ3v) is 3.11. The molecule has 0 aliphatic heterocycles. The van der Waals surface area contributed by atoms with Gasteiger partial charge in [-0.25, -0.2) is 10.8 Å². The topological polar surface area (TPSA) is 73.1 Å². The van der Waals surface area contributed by atoms with Crippen molar-refractivity contribution in [1.82, 2.24) is 9.97 Å². The van der Waals surface area contributed by atoms with Crippen molar-refractivity contribution in [1.29, 1.82) is 0 Å². The van der Waals surface area contributed by atoms with E-state index in [-0.39, 0.29) is 5.41 Å². The first kappa shape index (κ1) is 15.5. The maximum Gasteiger partial charge on any atom is 0.224 e. The van der Waals surface area contributed by atoms with Crippen molar-refractivity contribution < 1.29 is 4.74 Å². The Morgan fingerprint density at radius 2 is 1.90 bits per heavy atom. The van der Waals surface area contributed by atoms with Crippen LogP contribution in [0.2, 0.25) is 5.02 Å². The summed E-state index contributed by atoms with van der Waals surface area (Å²) in [5.41, 5.74) is 3.26. The van der Waals surface area contributed by atoms with Crippen LogP contribution >= 0.6 is 11.6 Å². The highest BCUT2D eigenvalue weighted by molar-refractivity contribution is 6.30. The quantitative estimate of drug-likeness (QED) is 0.666. The molecule has 0 saturated heterocycles. The van der Waals surface area contributed by atoms with Crippen molar-refractivity contribution in [2.24, 2.45) is 5.84 Å². The van der Waals surface area contributed by atoms with Crippen molar-refractivity contribution in [3.05, 3.63) is 40.7 Å². The molecule has 0 amide bonds. The summed E-state index contributed by atoms with van der Waals surface area (Å²) in [5, 5.41) is 0.669. The number of nitrogens with two attached hydrogens (primary N) is 1. The van der Waals surface area contributed by atoms with E-state index in [9.17, 15) is 0 Å². The van der Waals surface area contributed by atoms with Crippen molar-refractivity contribution in [3.63, 3.8) is 0 Å². The SMILES string of the molecule is Cc1cc(Cl)ccc1Oc1cc(NN)nc(C(C)(C)C)n1. The number of hydrazine groups is 1. The number of anilines is 1. The van der Waals surface area contributed by atoms with E-state index in [2.05, 4.69) is 15.4 Å². The van der Waals surface area contributed by atoms with Crippen molar-refractivity contribution in [2.45, 2.75) is 33.1 Å². The Morgan fingerprint density at radius 1 is 1.19 bits per heavy atom. The fraction of sp³-hybridized carbons (Fsp3) is 0.333. The van der Waals surface area contributed by atoms with Gasteiger partial charge in [0.2, 0.25) is 5.88 Å². The zero-order valence-electron chi connectivity index (χ0n) is 12.6. The summed E-state index contributed by atoms with van der Waals surface area (Å²) >= 11 is 5.94. The second kappa shape index (κ2) is 5.87. The van der Waals surface area contributed by atoms with Crippen LogP contribution in [0.25, 0.3) is 0 Å². The molecule has 21 heavy (non-hydrogen) atoms. The summed E-state index contributed by atoms with van der Waals surface area (Å²) < 4.78 is 5.84. The predicted molar refractivity (Wildman–Crippen MR) is 84.8 cm³/mol. The number of aromatic nitrogens is 2.